The molecule has 0 atom stereocenters. The van der Waals surface area contributed by atoms with Gasteiger partial charge in [-0.2, -0.15) is 0 Å². The molecule has 0 fully saturated rings. The Morgan fingerprint density at radius 3 is 2.65 bits per heavy atom. The Morgan fingerprint density at radius 2 is 2.06 bits per heavy atom. The molecular weight excluding hydrogens is 284 g/mol. The molecule has 0 amide bonds. The fraction of sp³-hybridized carbons (Fsp3) is 0.167. The summed E-state index contributed by atoms with van der Waals surface area (Å²) in [6.45, 7) is 0. The average Bonchev–Trinajstić information content (AvgIpc) is 2.34. The minimum Gasteiger partial charge on any atom is -0.506 e. The van der Waals surface area contributed by atoms with Gasteiger partial charge in [0.15, 0.2) is 5.78 Å². The SMILES string of the molecule is CN=C1C=CC(=O)c2c(NC)cc(Br)c(O)c21. The van der Waals surface area contributed by atoms with E-state index in [9.17, 15) is 9.90 Å². The first-order chi connectivity index (χ1) is 8.10. The number of aromatic hydroxyl groups is 1. The summed E-state index contributed by atoms with van der Waals surface area (Å²) in [5.41, 5.74) is 2.19. The van der Waals surface area contributed by atoms with Crippen molar-refractivity contribution in [2.75, 3.05) is 19.4 Å². The minimum atomic E-state index is -0.139. The van der Waals surface area contributed by atoms with Gasteiger partial charge in [-0.3, -0.25) is 9.79 Å². The Labute approximate surface area is 107 Å². The van der Waals surface area contributed by atoms with Crippen LogP contribution in [0.1, 0.15) is 15.9 Å². The summed E-state index contributed by atoms with van der Waals surface area (Å²) in [5, 5.41) is 13.0. The molecule has 0 spiro atoms. The van der Waals surface area contributed by atoms with Crippen molar-refractivity contribution < 1.29 is 9.90 Å². The van der Waals surface area contributed by atoms with Gasteiger partial charge in [-0.15, -0.1) is 0 Å². The lowest BCUT2D eigenvalue weighted by atomic mass is 9.91. The van der Waals surface area contributed by atoms with Gasteiger partial charge < -0.3 is 10.4 Å². The first-order valence-electron chi connectivity index (χ1n) is 5.03. The number of allylic oxidation sites excluding steroid dienone is 2. The normalized spacial score (nSPS) is 16.2. The summed E-state index contributed by atoms with van der Waals surface area (Å²) in [4.78, 5) is 16.0. The molecule has 1 aliphatic rings. The van der Waals surface area contributed by atoms with E-state index in [2.05, 4.69) is 26.2 Å². The van der Waals surface area contributed by atoms with Gasteiger partial charge in [-0.05, 0) is 34.1 Å². The molecule has 0 heterocycles. The van der Waals surface area contributed by atoms with Gasteiger partial charge in [0.2, 0.25) is 0 Å². The number of carbonyl (C=O) groups excluding carboxylic acids is 1. The van der Waals surface area contributed by atoms with Crippen LogP contribution < -0.4 is 5.32 Å². The number of anilines is 1. The second-order valence-electron chi connectivity index (χ2n) is 3.56. The Hall–Kier alpha value is -1.62. The van der Waals surface area contributed by atoms with Crippen LogP contribution >= 0.6 is 15.9 Å². The van der Waals surface area contributed by atoms with Gasteiger partial charge in [0.05, 0.1) is 21.3 Å². The number of benzene rings is 1. The van der Waals surface area contributed by atoms with Gasteiger partial charge >= 0.3 is 0 Å². The van der Waals surface area contributed by atoms with E-state index in [1.165, 1.54) is 6.08 Å². The third-order valence-electron chi connectivity index (χ3n) is 2.66. The molecule has 1 aliphatic carbocycles. The lowest BCUT2D eigenvalue weighted by Crippen LogP contribution is -2.15. The monoisotopic (exact) mass is 294 g/mol. The third kappa shape index (κ3) is 1.76. The van der Waals surface area contributed by atoms with Gasteiger partial charge in [-0.1, -0.05) is 0 Å². The van der Waals surface area contributed by atoms with Crippen LogP contribution in [0.15, 0.2) is 27.7 Å². The molecule has 0 radical (unpaired) electrons. The van der Waals surface area contributed by atoms with Gasteiger partial charge in [0.1, 0.15) is 5.75 Å². The minimum absolute atomic E-state index is 0.0392. The second-order valence-corrected chi connectivity index (χ2v) is 4.42. The number of nitrogens with one attached hydrogen (secondary N) is 1. The van der Waals surface area contributed by atoms with Crippen molar-refractivity contribution in [2.24, 2.45) is 4.99 Å². The van der Waals surface area contributed by atoms with E-state index in [1.54, 1.807) is 26.2 Å². The summed E-state index contributed by atoms with van der Waals surface area (Å²) in [6.07, 6.45) is 3.06. The topological polar surface area (TPSA) is 61.7 Å². The number of rotatable bonds is 1. The molecule has 0 aromatic heterocycles. The van der Waals surface area contributed by atoms with Crippen LogP contribution in [0.4, 0.5) is 5.69 Å². The molecule has 1 aromatic rings. The van der Waals surface area contributed by atoms with Crippen LogP contribution in [-0.4, -0.2) is 30.7 Å². The first kappa shape index (κ1) is 11.9. The molecular formula is C12H11BrN2O2. The summed E-state index contributed by atoms with van der Waals surface area (Å²) in [7, 11) is 3.35. The lowest BCUT2D eigenvalue weighted by Gasteiger charge is -2.18. The summed E-state index contributed by atoms with van der Waals surface area (Å²) in [5.74, 6) is -0.100. The average molecular weight is 295 g/mol. The zero-order valence-corrected chi connectivity index (χ0v) is 11.0. The van der Waals surface area contributed by atoms with Crippen molar-refractivity contribution in [3.63, 3.8) is 0 Å². The Balaban J connectivity index is 2.86. The van der Waals surface area contributed by atoms with E-state index in [1.807, 2.05) is 0 Å². The van der Waals surface area contributed by atoms with E-state index >= 15 is 0 Å². The quantitative estimate of drug-likeness (QED) is 0.782. The maximum atomic E-state index is 11.9. The van der Waals surface area contributed by atoms with Gasteiger partial charge in [0.25, 0.3) is 0 Å². The lowest BCUT2D eigenvalue weighted by molar-refractivity contribution is 0.104. The molecule has 2 rings (SSSR count). The number of fused-ring (bicyclic) bond motifs is 1. The van der Waals surface area contributed by atoms with Crippen LogP contribution in [0.3, 0.4) is 0 Å². The third-order valence-corrected chi connectivity index (χ3v) is 3.26. The van der Waals surface area contributed by atoms with Crippen LogP contribution in [0, 0.1) is 0 Å². The van der Waals surface area contributed by atoms with E-state index in [-0.39, 0.29) is 11.5 Å². The maximum Gasteiger partial charge on any atom is 0.188 e. The van der Waals surface area contributed by atoms with Crippen molar-refractivity contribution in [3.05, 3.63) is 33.8 Å². The number of nitrogens with zero attached hydrogens (tertiary/aromatic N) is 1. The standard InChI is InChI=1S/C12H11BrN2O2/c1-14-7-3-4-9(16)10-8(15-2)5-6(13)12(17)11(7)10/h3-5,15,17H,1-2H3. The Bertz CT molecular complexity index is 562. The van der Waals surface area contributed by atoms with Crippen molar-refractivity contribution in [1.29, 1.82) is 0 Å². The van der Waals surface area contributed by atoms with Crippen LogP contribution in [0.25, 0.3) is 0 Å². The molecule has 0 saturated carbocycles. The molecule has 4 nitrogen and oxygen atoms in total. The molecule has 88 valence electrons. The molecule has 0 bridgehead atoms. The number of ketones is 1. The zero-order chi connectivity index (χ0) is 12.6. The largest absolute Gasteiger partial charge is 0.506 e. The zero-order valence-electron chi connectivity index (χ0n) is 9.41. The maximum absolute atomic E-state index is 11.9. The van der Waals surface area contributed by atoms with Crippen molar-refractivity contribution >= 4 is 33.1 Å². The molecule has 2 N–H and O–H groups in total. The molecule has 17 heavy (non-hydrogen) atoms. The number of aliphatic imine (C=N–C) groups is 1. The highest BCUT2D eigenvalue weighted by atomic mass is 79.9. The molecule has 0 unspecified atom stereocenters. The summed E-state index contributed by atoms with van der Waals surface area (Å²) < 4.78 is 0.532. The van der Waals surface area contributed by atoms with E-state index < -0.39 is 0 Å². The first-order valence-corrected chi connectivity index (χ1v) is 5.82. The van der Waals surface area contributed by atoms with Crippen LogP contribution in [0.5, 0.6) is 5.75 Å². The highest BCUT2D eigenvalue weighted by molar-refractivity contribution is 9.10. The molecule has 5 heteroatoms. The number of carbonyl (C=O) groups is 1. The van der Waals surface area contributed by atoms with Gasteiger partial charge in [0, 0.05) is 19.8 Å². The van der Waals surface area contributed by atoms with Crippen LogP contribution in [0.2, 0.25) is 0 Å². The highest BCUT2D eigenvalue weighted by Crippen LogP contribution is 2.38. The van der Waals surface area contributed by atoms with Gasteiger partial charge in [-0.25, -0.2) is 0 Å². The summed E-state index contributed by atoms with van der Waals surface area (Å²) in [6, 6.07) is 1.68. The molecule has 0 aliphatic heterocycles. The number of phenolic OH excluding ortho intramolecular Hbond substituents is 1. The predicted octanol–water partition coefficient (Wildman–Crippen LogP) is 2.37. The van der Waals surface area contributed by atoms with Crippen molar-refractivity contribution in [1.82, 2.24) is 0 Å². The number of phenols is 1. The molecule has 0 saturated heterocycles. The fourth-order valence-corrected chi connectivity index (χ4v) is 2.28. The highest BCUT2D eigenvalue weighted by Gasteiger charge is 2.25. The Morgan fingerprint density at radius 1 is 1.35 bits per heavy atom. The van der Waals surface area contributed by atoms with E-state index in [4.69, 9.17) is 0 Å². The van der Waals surface area contributed by atoms with Crippen molar-refractivity contribution in [3.8, 4) is 5.75 Å². The molecule has 1 aromatic carbocycles. The number of halogens is 1. The van der Waals surface area contributed by atoms with Crippen molar-refractivity contribution in [2.45, 2.75) is 0 Å². The van der Waals surface area contributed by atoms with E-state index in [0.717, 1.165) is 0 Å². The summed E-state index contributed by atoms with van der Waals surface area (Å²) >= 11 is 3.26. The van der Waals surface area contributed by atoms with Crippen LogP contribution in [-0.2, 0) is 0 Å². The number of hydrogen-bond donors (Lipinski definition) is 2. The number of hydrogen-bond acceptors (Lipinski definition) is 4. The predicted molar refractivity (Wildman–Crippen MR) is 71.3 cm³/mol. The Kier molecular flexibility index (Phi) is 3.02. The fourth-order valence-electron chi connectivity index (χ4n) is 1.85. The van der Waals surface area contributed by atoms with E-state index in [0.29, 0.717) is 27.0 Å². The smallest absolute Gasteiger partial charge is 0.188 e. The second kappa shape index (κ2) is 4.33.